The zero-order valence-corrected chi connectivity index (χ0v) is 13.9. The second-order valence-corrected chi connectivity index (χ2v) is 6.41. The summed E-state index contributed by atoms with van der Waals surface area (Å²) in [5, 5.41) is 13.4. The van der Waals surface area contributed by atoms with Crippen molar-refractivity contribution in [2.75, 3.05) is 27.3 Å². The second-order valence-electron chi connectivity index (χ2n) is 6.41. The predicted octanol–water partition coefficient (Wildman–Crippen LogP) is 1.73. The molecule has 1 fully saturated rings. The topological polar surface area (TPSA) is 88.7 Å². The van der Waals surface area contributed by atoms with Gasteiger partial charge in [-0.05, 0) is 32.0 Å². The van der Waals surface area contributed by atoms with Crippen LogP contribution in [0.3, 0.4) is 0 Å². The van der Waals surface area contributed by atoms with Gasteiger partial charge in [0.15, 0.2) is 0 Å². The molecule has 1 heterocycles. The summed E-state index contributed by atoms with van der Waals surface area (Å²) < 4.78 is 9.97. The summed E-state index contributed by atoms with van der Waals surface area (Å²) in [6.45, 7) is 1.57. The van der Waals surface area contributed by atoms with Crippen molar-refractivity contribution >= 4 is 5.97 Å². The zero-order valence-electron chi connectivity index (χ0n) is 13.9. The van der Waals surface area contributed by atoms with E-state index in [1.165, 1.54) is 7.11 Å². The molecule has 1 aliphatic carbocycles. The van der Waals surface area contributed by atoms with Crippen molar-refractivity contribution in [3.05, 3.63) is 35.7 Å². The van der Waals surface area contributed by atoms with Crippen LogP contribution in [0.4, 0.5) is 0 Å². The Kier molecular flexibility index (Phi) is 4.64. The normalized spacial score (nSPS) is 15.5. The van der Waals surface area contributed by atoms with Gasteiger partial charge in [-0.15, -0.1) is 0 Å². The molecule has 7 nitrogen and oxygen atoms in total. The van der Waals surface area contributed by atoms with Crippen molar-refractivity contribution < 1.29 is 19.2 Å². The number of ether oxygens (including phenoxy) is 1. The van der Waals surface area contributed by atoms with Crippen molar-refractivity contribution in [1.29, 1.82) is 0 Å². The van der Waals surface area contributed by atoms with Gasteiger partial charge in [0.1, 0.15) is 0 Å². The van der Waals surface area contributed by atoms with E-state index in [0.717, 1.165) is 24.9 Å². The maximum atomic E-state index is 11.4. The molecule has 0 saturated heterocycles. The maximum Gasteiger partial charge on any atom is 0.337 e. The van der Waals surface area contributed by atoms with E-state index in [4.69, 9.17) is 4.52 Å². The van der Waals surface area contributed by atoms with E-state index < -0.39 is 0 Å². The van der Waals surface area contributed by atoms with Crippen LogP contribution in [0.5, 0.6) is 0 Å². The molecule has 24 heavy (non-hydrogen) atoms. The number of aliphatic hydroxyl groups is 1. The number of methoxy groups -OCH3 is 1. The monoisotopic (exact) mass is 331 g/mol. The number of carbonyl (C=O) groups is 1. The molecule has 0 radical (unpaired) electrons. The molecule has 0 atom stereocenters. The predicted molar refractivity (Wildman–Crippen MR) is 86.2 cm³/mol. The summed E-state index contributed by atoms with van der Waals surface area (Å²) in [5.74, 6) is 0.631. The molecule has 1 N–H and O–H groups in total. The minimum absolute atomic E-state index is 0.0569. The van der Waals surface area contributed by atoms with Gasteiger partial charge in [-0.1, -0.05) is 17.3 Å². The lowest BCUT2D eigenvalue weighted by Crippen LogP contribution is -2.28. The number of hydrogen-bond acceptors (Lipinski definition) is 7. The molecule has 0 unspecified atom stereocenters. The van der Waals surface area contributed by atoms with Crippen LogP contribution in [0, 0.1) is 5.41 Å². The average Bonchev–Trinajstić information content (AvgIpc) is 3.22. The Balaban J connectivity index is 1.63. The van der Waals surface area contributed by atoms with E-state index in [9.17, 15) is 9.90 Å². The third-order valence-electron chi connectivity index (χ3n) is 4.34. The smallest absolute Gasteiger partial charge is 0.337 e. The molecule has 1 aromatic heterocycles. The first-order valence-electron chi connectivity index (χ1n) is 7.86. The van der Waals surface area contributed by atoms with Crippen molar-refractivity contribution in [2.45, 2.75) is 19.4 Å². The number of esters is 1. The third kappa shape index (κ3) is 3.63. The van der Waals surface area contributed by atoms with Gasteiger partial charge >= 0.3 is 5.97 Å². The highest BCUT2D eigenvalue weighted by atomic mass is 16.5. The highest BCUT2D eigenvalue weighted by molar-refractivity contribution is 5.89. The van der Waals surface area contributed by atoms with Gasteiger partial charge in [-0.2, -0.15) is 4.98 Å². The standard InChI is InChI=1S/C17H21N3O4/c1-20(10-17(11-21)7-8-17)9-14-18-15(19-24-14)12-3-5-13(6-4-12)16(22)23-2/h3-6,21H,7-11H2,1-2H3. The van der Waals surface area contributed by atoms with E-state index >= 15 is 0 Å². The molecule has 1 aromatic carbocycles. The Morgan fingerprint density at radius 1 is 1.38 bits per heavy atom. The number of aromatic nitrogens is 2. The first-order chi connectivity index (χ1) is 11.5. The largest absolute Gasteiger partial charge is 0.465 e. The minimum Gasteiger partial charge on any atom is -0.465 e. The van der Waals surface area contributed by atoms with Crippen molar-refractivity contribution in [3.63, 3.8) is 0 Å². The number of benzene rings is 1. The van der Waals surface area contributed by atoms with E-state index in [1.807, 2.05) is 7.05 Å². The molecule has 1 saturated carbocycles. The van der Waals surface area contributed by atoms with Crippen LogP contribution < -0.4 is 0 Å². The number of carbonyl (C=O) groups excluding carboxylic acids is 1. The Labute approximate surface area is 140 Å². The number of aliphatic hydroxyl groups excluding tert-OH is 1. The van der Waals surface area contributed by atoms with E-state index in [0.29, 0.717) is 23.8 Å². The Bertz CT molecular complexity index is 707. The summed E-state index contributed by atoms with van der Waals surface area (Å²) in [6.07, 6.45) is 2.13. The fraction of sp³-hybridized carbons (Fsp3) is 0.471. The van der Waals surface area contributed by atoms with Crippen LogP contribution in [0.25, 0.3) is 11.4 Å². The molecule has 0 amide bonds. The highest BCUT2D eigenvalue weighted by Gasteiger charge is 2.42. The highest BCUT2D eigenvalue weighted by Crippen LogP contribution is 2.45. The SMILES string of the molecule is COC(=O)c1ccc(-c2noc(CN(C)CC3(CO)CC3)n2)cc1. The molecule has 128 valence electrons. The van der Waals surface area contributed by atoms with Crippen LogP contribution >= 0.6 is 0 Å². The molecule has 0 bridgehead atoms. The molecule has 3 rings (SSSR count). The van der Waals surface area contributed by atoms with Gasteiger partial charge in [0.2, 0.25) is 11.7 Å². The van der Waals surface area contributed by atoms with Gasteiger partial charge in [-0.3, -0.25) is 4.90 Å². The number of nitrogens with zero attached hydrogens (tertiary/aromatic N) is 3. The van der Waals surface area contributed by atoms with E-state index in [1.54, 1.807) is 24.3 Å². The second kappa shape index (κ2) is 6.70. The molecule has 7 heteroatoms. The van der Waals surface area contributed by atoms with Crippen molar-refractivity contribution in [1.82, 2.24) is 15.0 Å². The lowest BCUT2D eigenvalue weighted by Gasteiger charge is -2.20. The Hall–Kier alpha value is -2.25. The van der Waals surface area contributed by atoms with Gasteiger partial charge in [0.05, 0.1) is 19.2 Å². The van der Waals surface area contributed by atoms with Crippen LogP contribution in [-0.4, -0.2) is 53.4 Å². The summed E-state index contributed by atoms with van der Waals surface area (Å²) in [4.78, 5) is 17.9. The van der Waals surface area contributed by atoms with E-state index in [2.05, 4.69) is 19.8 Å². The quantitative estimate of drug-likeness (QED) is 0.773. The summed E-state index contributed by atoms with van der Waals surface area (Å²) in [7, 11) is 3.32. The fourth-order valence-corrected chi connectivity index (χ4v) is 2.71. The third-order valence-corrected chi connectivity index (χ3v) is 4.34. The van der Waals surface area contributed by atoms with Crippen molar-refractivity contribution in [3.8, 4) is 11.4 Å². The zero-order chi connectivity index (χ0) is 17.2. The lowest BCUT2D eigenvalue weighted by atomic mass is 10.1. The Morgan fingerprint density at radius 2 is 2.08 bits per heavy atom. The first kappa shape index (κ1) is 16.6. The van der Waals surface area contributed by atoms with Gasteiger partial charge < -0.3 is 14.4 Å². The van der Waals surface area contributed by atoms with Gasteiger partial charge in [0.25, 0.3) is 0 Å². The molecule has 0 spiro atoms. The molecule has 0 aliphatic heterocycles. The van der Waals surface area contributed by atoms with Crippen LogP contribution in [0.2, 0.25) is 0 Å². The summed E-state index contributed by atoms with van der Waals surface area (Å²) in [6, 6.07) is 6.86. The molecule has 2 aromatic rings. The molecule has 1 aliphatic rings. The first-order valence-corrected chi connectivity index (χ1v) is 7.86. The Morgan fingerprint density at radius 3 is 2.67 bits per heavy atom. The van der Waals surface area contributed by atoms with Crippen LogP contribution in [-0.2, 0) is 11.3 Å². The van der Waals surface area contributed by atoms with Crippen LogP contribution in [0.1, 0.15) is 29.1 Å². The number of rotatable bonds is 7. The van der Waals surface area contributed by atoms with Crippen molar-refractivity contribution in [2.24, 2.45) is 5.41 Å². The minimum atomic E-state index is -0.380. The molecular weight excluding hydrogens is 310 g/mol. The van der Waals surface area contributed by atoms with E-state index in [-0.39, 0.29) is 18.0 Å². The average molecular weight is 331 g/mol. The summed E-state index contributed by atoms with van der Waals surface area (Å²) in [5.41, 5.74) is 1.30. The van der Waals surface area contributed by atoms with Gasteiger partial charge in [-0.25, -0.2) is 4.79 Å². The van der Waals surface area contributed by atoms with Gasteiger partial charge in [0, 0.05) is 24.1 Å². The molecular formula is C17H21N3O4. The number of hydrogen-bond donors (Lipinski definition) is 1. The fourth-order valence-electron chi connectivity index (χ4n) is 2.71. The lowest BCUT2D eigenvalue weighted by molar-refractivity contribution is 0.0600. The van der Waals surface area contributed by atoms with Crippen LogP contribution in [0.15, 0.2) is 28.8 Å². The summed E-state index contributed by atoms with van der Waals surface area (Å²) >= 11 is 0. The maximum absolute atomic E-state index is 11.4.